The van der Waals surface area contributed by atoms with Gasteiger partial charge >= 0.3 is 5.97 Å². The van der Waals surface area contributed by atoms with Crippen molar-refractivity contribution in [3.8, 4) is 0 Å². The second kappa shape index (κ2) is 9.20. The van der Waals surface area contributed by atoms with E-state index >= 15 is 0 Å². The van der Waals surface area contributed by atoms with Crippen molar-refractivity contribution in [1.82, 2.24) is 5.32 Å². The second-order valence-electron chi connectivity index (χ2n) is 5.53. The Kier molecular flexibility index (Phi) is 8.83. The molecule has 1 atom stereocenters. The van der Waals surface area contributed by atoms with E-state index in [4.69, 9.17) is 0 Å². The van der Waals surface area contributed by atoms with Crippen molar-refractivity contribution >= 4 is 31.7 Å². The van der Waals surface area contributed by atoms with Gasteiger partial charge in [-0.15, -0.1) is 0 Å². The van der Waals surface area contributed by atoms with Crippen molar-refractivity contribution in [3.05, 3.63) is 12.2 Å². The van der Waals surface area contributed by atoms with E-state index in [0.29, 0.717) is 6.42 Å². The lowest BCUT2D eigenvalue weighted by molar-refractivity contribution is -0.144. The van der Waals surface area contributed by atoms with Gasteiger partial charge in [0.2, 0.25) is 5.91 Å². The molecule has 1 N–H and O–H groups in total. The molecule has 0 rings (SSSR count). The van der Waals surface area contributed by atoms with Crippen molar-refractivity contribution in [2.75, 3.05) is 19.1 Å². The average molecular weight is 304 g/mol. The molecule has 0 heterocycles. The SMILES string of the molecule is COC(=O)C(CCSC)NC(=O)C=CC[Si](C)(C)C. The summed E-state index contributed by atoms with van der Waals surface area (Å²) in [6.45, 7) is 6.72. The molecule has 0 aliphatic carbocycles. The summed E-state index contributed by atoms with van der Waals surface area (Å²) in [4.78, 5) is 23.2. The van der Waals surface area contributed by atoms with Crippen LogP contribution in [0.1, 0.15) is 6.42 Å². The van der Waals surface area contributed by atoms with Crippen molar-refractivity contribution in [2.45, 2.75) is 38.1 Å². The monoisotopic (exact) mass is 303 g/mol. The van der Waals surface area contributed by atoms with Crippen LogP contribution in [0.3, 0.4) is 0 Å². The third kappa shape index (κ3) is 9.78. The molecule has 110 valence electrons. The molecular formula is C13H25NO3SSi. The fourth-order valence-corrected chi connectivity index (χ4v) is 2.66. The molecule has 0 fully saturated rings. The molecule has 4 nitrogen and oxygen atoms in total. The molecule has 0 aromatic rings. The minimum absolute atomic E-state index is 0.227. The molecule has 1 amide bonds. The Bertz CT molecular complexity index is 326. The van der Waals surface area contributed by atoms with E-state index in [-0.39, 0.29) is 11.9 Å². The summed E-state index contributed by atoms with van der Waals surface area (Å²) in [5.74, 6) is 0.189. The van der Waals surface area contributed by atoms with E-state index in [0.717, 1.165) is 11.8 Å². The number of hydrogen-bond acceptors (Lipinski definition) is 4. The fraction of sp³-hybridized carbons (Fsp3) is 0.692. The highest BCUT2D eigenvalue weighted by Gasteiger charge is 2.20. The number of carbonyl (C=O) groups is 2. The van der Waals surface area contributed by atoms with Crippen LogP contribution >= 0.6 is 11.8 Å². The lowest BCUT2D eigenvalue weighted by atomic mass is 10.2. The summed E-state index contributed by atoms with van der Waals surface area (Å²) in [7, 11) is 0.159. The Morgan fingerprint density at radius 1 is 1.37 bits per heavy atom. The molecule has 1 unspecified atom stereocenters. The molecule has 6 heteroatoms. The van der Waals surface area contributed by atoms with Crippen LogP contribution in [0.2, 0.25) is 25.7 Å². The number of hydrogen-bond donors (Lipinski definition) is 1. The van der Waals surface area contributed by atoms with Gasteiger partial charge in [-0.2, -0.15) is 11.8 Å². The first-order valence-corrected chi connectivity index (χ1v) is 11.4. The Morgan fingerprint density at radius 2 is 2.00 bits per heavy atom. The number of methoxy groups -OCH3 is 1. The highest BCUT2D eigenvalue weighted by Crippen LogP contribution is 2.08. The highest BCUT2D eigenvalue weighted by molar-refractivity contribution is 7.98. The molecule has 0 saturated carbocycles. The van der Waals surface area contributed by atoms with Crippen LogP contribution in [0.5, 0.6) is 0 Å². The van der Waals surface area contributed by atoms with E-state index in [9.17, 15) is 9.59 Å². The Labute approximate surface area is 121 Å². The minimum atomic E-state index is -1.18. The van der Waals surface area contributed by atoms with Crippen LogP contribution in [0.25, 0.3) is 0 Å². The maximum Gasteiger partial charge on any atom is 0.328 e. The molecule has 0 spiro atoms. The highest BCUT2D eigenvalue weighted by atomic mass is 32.2. The normalized spacial score (nSPS) is 13.3. The van der Waals surface area contributed by atoms with Gasteiger partial charge in [-0.3, -0.25) is 4.79 Å². The van der Waals surface area contributed by atoms with E-state index in [2.05, 4.69) is 29.7 Å². The van der Waals surface area contributed by atoms with Gasteiger partial charge in [0.05, 0.1) is 7.11 Å². The Morgan fingerprint density at radius 3 is 2.47 bits per heavy atom. The van der Waals surface area contributed by atoms with E-state index in [1.807, 2.05) is 12.3 Å². The zero-order valence-electron chi connectivity index (χ0n) is 12.5. The molecule has 19 heavy (non-hydrogen) atoms. The quantitative estimate of drug-likeness (QED) is 0.425. The predicted molar refractivity (Wildman–Crippen MR) is 84.2 cm³/mol. The van der Waals surface area contributed by atoms with E-state index < -0.39 is 14.1 Å². The van der Waals surface area contributed by atoms with Crippen molar-refractivity contribution in [3.63, 3.8) is 0 Å². The molecule has 0 aromatic heterocycles. The summed E-state index contributed by atoms with van der Waals surface area (Å²) >= 11 is 1.63. The maximum atomic E-state index is 11.7. The van der Waals surface area contributed by atoms with Crippen LogP contribution in [-0.4, -0.2) is 45.1 Å². The van der Waals surface area contributed by atoms with Crippen molar-refractivity contribution in [1.29, 1.82) is 0 Å². The molecule has 0 radical (unpaired) electrons. The van der Waals surface area contributed by atoms with E-state index in [1.54, 1.807) is 11.8 Å². The van der Waals surface area contributed by atoms with Gasteiger partial charge in [-0.05, 0) is 30.5 Å². The standard InChI is InChI=1S/C13H25NO3SSi/c1-17-13(16)11(8-9-18-2)14-12(15)7-6-10-19(3,4)5/h6-7,11H,8-10H2,1-5H3,(H,14,15). The zero-order valence-corrected chi connectivity index (χ0v) is 14.3. The number of carbonyl (C=O) groups excluding carboxylic acids is 2. The zero-order chi connectivity index (χ0) is 14.9. The van der Waals surface area contributed by atoms with Crippen molar-refractivity contribution < 1.29 is 14.3 Å². The first kappa shape index (κ1) is 18.2. The topological polar surface area (TPSA) is 55.4 Å². The first-order valence-electron chi connectivity index (χ1n) is 6.34. The number of allylic oxidation sites excluding steroid dienone is 1. The number of ether oxygens (including phenoxy) is 1. The van der Waals surface area contributed by atoms with Gasteiger partial charge < -0.3 is 10.1 Å². The first-order chi connectivity index (χ1) is 8.80. The molecule has 0 saturated heterocycles. The van der Waals surface area contributed by atoms with Gasteiger partial charge in [0.15, 0.2) is 0 Å². The number of thioether (sulfide) groups is 1. The summed E-state index contributed by atoms with van der Waals surface area (Å²) in [5, 5.41) is 2.69. The summed E-state index contributed by atoms with van der Waals surface area (Å²) < 4.78 is 4.69. The lowest BCUT2D eigenvalue weighted by Gasteiger charge is -2.15. The number of nitrogens with one attached hydrogen (secondary N) is 1. The van der Waals surface area contributed by atoms with Crippen LogP contribution in [0.15, 0.2) is 12.2 Å². The molecule has 0 aliphatic rings. The number of esters is 1. The van der Waals surface area contributed by atoms with Gasteiger partial charge in [0.1, 0.15) is 6.04 Å². The average Bonchev–Trinajstić information content (AvgIpc) is 2.31. The van der Waals surface area contributed by atoms with Gasteiger partial charge in [-0.25, -0.2) is 4.79 Å². The van der Waals surface area contributed by atoms with Gasteiger partial charge in [0.25, 0.3) is 0 Å². The van der Waals surface area contributed by atoms with E-state index in [1.165, 1.54) is 13.2 Å². The Hall–Kier alpha value is -0.753. The van der Waals surface area contributed by atoms with Gasteiger partial charge in [0, 0.05) is 8.07 Å². The maximum absolute atomic E-state index is 11.7. The van der Waals surface area contributed by atoms with Gasteiger partial charge in [-0.1, -0.05) is 25.7 Å². The number of rotatable bonds is 8. The second-order valence-corrected chi connectivity index (χ2v) is 12.0. The summed E-state index contributed by atoms with van der Waals surface area (Å²) in [6, 6.07) is 0.398. The number of amides is 1. The molecule has 0 aromatic carbocycles. The van der Waals surface area contributed by atoms with Crippen LogP contribution < -0.4 is 5.32 Å². The smallest absolute Gasteiger partial charge is 0.328 e. The summed E-state index contributed by atoms with van der Waals surface area (Å²) in [6.07, 6.45) is 5.96. The van der Waals surface area contributed by atoms with Crippen molar-refractivity contribution in [2.24, 2.45) is 0 Å². The summed E-state index contributed by atoms with van der Waals surface area (Å²) in [5.41, 5.74) is 0. The van der Waals surface area contributed by atoms with Crippen LogP contribution in [-0.2, 0) is 14.3 Å². The minimum Gasteiger partial charge on any atom is -0.467 e. The van der Waals surface area contributed by atoms with Crippen LogP contribution in [0.4, 0.5) is 0 Å². The fourth-order valence-electron chi connectivity index (χ4n) is 1.37. The lowest BCUT2D eigenvalue weighted by Crippen LogP contribution is -2.41. The molecular weight excluding hydrogens is 278 g/mol. The Balaban J connectivity index is 4.34. The third-order valence-corrected chi connectivity index (χ3v) is 4.52. The van der Waals surface area contributed by atoms with Crippen LogP contribution in [0, 0.1) is 0 Å². The largest absolute Gasteiger partial charge is 0.467 e. The molecule has 0 aliphatic heterocycles. The molecule has 0 bridgehead atoms. The predicted octanol–water partition coefficient (Wildman–Crippen LogP) is 2.29. The third-order valence-electron chi connectivity index (χ3n) is 2.41.